The van der Waals surface area contributed by atoms with Crippen molar-refractivity contribution in [1.29, 1.82) is 0 Å². The van der Waals surface area contributed by atoms with Crippen molar-refractivity contribution in [2.24, 2.45) is 5.73 Å². The molecule has 4 rings (SSSR count). The SMILES string of the molecule is Cl.Cl.NC1CCN(C(=O)c2ccc(-n3cnc4ccccc43)cc2)CC1. The van der Waals surface area contributed by atoms with E-state index >= 15 is 0 Å². The van der Waals surface area contributed by atoms with E-state index in [0.717, 1.165) is 48.2 Å². The topological polar surface area (TPSA) is 64.2 Å². The number of carbonyl (C=O) groups is 1. The number of para-hydroxylation sites is 2. The van der Waals surface area contributed by atoms with Gasteiger partial charge in [-0.1, -0.05) is 12.1 Å². The molecule has 0 unspecified atom stereocenters. The molecule has 1 aromatic heterocycles. The van der Waals surface area contributed by atoms with Crippen molar-refractivity contribution >= 4 is 41.8 Å². The summed E-state index contributed by atoms with van der Waals surface area (Å²) < 4.78 is 2.03. The highest BCUT2D eigenvalue weighted by atomic mass is 35.5. The number of nitrogens with zero attached hydrogens (tertiary/aromatic N) is 3. The van der Waals surface area contributed by atoms with Crippen LogP contribution in [-0.2, 0) is 0 Å². The van der Waals surface area contributed by atoms with Gasteiger partial charge in [-0.05, 0) is 49.2 Å². The molecule has 5 nitrogen and oxygen atoms in total. The van der Waals surface area contributed by atoms with E-state index in [1.165, 1.54) is 0 Å². The summed E-state index contributed by atoms with van der Waals surface area (Å²) in [4.78, 5) is 18.9. The predicted octanol–water partition coefficient (Wildman–Crippen LogP) is 3.43. The number of benzene rings is 2. The maximum Gasteiger partial charge on any atom is 0.253 e. The first kappa shape index (κ1) is 20.2. The molecule has 1 aliphatic heterocycles. The van der Waals surface area contributed by atoms with E-state index < -0.39 is 0 Å². The monoisotopic (exact) mass is 392 g/mol. The number of halogens is 2. The number of rotatable bonds is 2. The number of likely N-dealkylation sites (tertiary alicyclic amines) is 1. The van der Waals surface area contributed by atoms with E-state index in [2.05, 4.69) is 4.98 Å². The standard InChI is InChI=1S/C19H20N4O.2ClH/c20-15-9-11-22(12-10-15)19(24)14-5-7-16(8-6-14)23-13-21-17-3-1-2-4-18(17)23;;/h1-8,13,15H,9-12,20H2;2*1H. The molecular weight excluding hydrogens is 371 g/mol. The van der Waals surface area contributed by atoms with E-state index in [1.54, 1.807) is 0 Å². The maximum atomic E-state index is 12.6. The Balaban J connectivity index is 0.00000121. The minimum Gasteiger partial charge on any atom is -0.339 e. The number of fused-ring (bicyclic) bond motifs is 1. The molecule has 1 aliphatic rings. The molecular formula is C19H22Cl2N4O. The van der Waals surface area contributed by atoms with Gasteiger partial charge in [0.05, 0.1) is 11.0 Å². The van der Waals surface area contributed by atoms with Gasteiger partial charge in [0.15, 0.2) is 0 Å². The number of nitrogens with two attached hydrogens (primary N) is 1. The molecule has 0 spiro atoms. The number of imidazole rings is 1. The number of amides is 1. The fourth-order valence-electron chi connectivity index (χ4n) is 3.21. The Morgan fingerprint density at radius 1 is 1.00 bits per heavy atom. The molecule has 2 aromatic carbocycles. The molecule has 0 atom stereocenters. The van der Waals surface area contributed by atoms with E-state index in [9.17, 15) is 4.79 Å². The molecule has 1 saturated heterocycles. The minimum absolute atomic E-state index is 0. The van der Waals surface area contributed by atoms with Gasteiger partial charge in [-0.3, -0.25) is 9.36 Å². The Labute approximate surface area is 165 Å². The first-order valence-electron chi connectivity index (χ1n) is 8.30. The van der Waals surface area contributed by atoms with Crippen molar-refractivity contribution in [3.8, 4) is 5.69 Å². The highest BCUT2D eigenvalue weighted by Crippen LogP contribution is 2.19. The first-order chi connectivity index (χ1) is 11.7. The molecule has 0 radical (unpaired) electrons. The minimum atomic E-state index is 0. The summed E-state index contributed by atoms with van der Waals surface area (Å²) in [5.41, 5.74) is 9.65. The van der Waals surface area contributed by atoms with Crippen LogP contribution >= 0.6 is 24.8 Å². The second-order valence-electron chi connectivity index (χ2n) is 6.28. The lowest BCUT2D eigenvalue weighted by atomic mass is 10.0. The van der Waals surface area contributed by atoms with Crippen molar-refractivity contribution in [3.63, 3.8) is 0 Å². The zero-order valence-corrected chi connectivity index (χ0v) is 15.9. The van der Waals surface area contributed by atoms with Gasteiger partial charge in [-0.25, -0.2) is 4.98 Å². The predicted molar refractivity (Wildman–Crippen MR) is 109 cm³/mol. The normalized spacial score (nSPS) is 14.6. The fourth-order valence-corrected chi connectivity index (χ4v) is 3.21. The molecule has 0 bridgehead atoms. The van der Waals surface area contributed by atoms with E-state index in [0.29, 0.717) is 0 Å². The Hall–Kier alpha value is -2.08. The van der Waals surface area contributed by atoms with Crippen LogP contribution in [0.4, 0.5) is 0 Å². The molecule has 1 amide bonds. The van der Waals surface area contributed by atoms with Crippen LogP contribution in [0.15, 0.2) is 54.9 Å². The largest absolute Gasteiger partial charge is 0.339 e. The number of aromatic nitrogens is 2. The van der Waals surface area contributed by atoms with Crippen LogP contribution in [0.1, 0.15) is 23.2 Å². The van der Waals surface area contributed by atoms with E-state index in [-0.39, 0.29) is 36.8 Å². The second-order valence-corrected chi connectivity index (χ2v) is 6.28. The molecule has 26 heavy (non-hydrogen) atoms. The molecule has 7 heteroatoms. The summed E-state index contributed by atoms with van der Waals surface area (Å²) in [5, 5.41) is 0. The van der Waals surface area contributed by atoms with Gasteiger partial charge < -0.3 is 10.6 Å². The highest BCUT2D eigenvalue weighted by molar-refractivity contribution is 5.94. The number of hydrogen-bond acceptors (Lipinski definition) is 3. The van der Waals surface area contributed by atoms with Crippen molar-refractivity contribution < 1.29 is 4.79 Å². The van der Waals surface area contributed by atoms with Crippen LogP contribution in [0, 0.1) is 0 Å². The second kappa shape index (κ2) is 8.54. The van der Waals surface area contributed by atoms with Gasteiger partial charge >= 0.3 is 0 Å². The summed E-state index contributed by atoms with van der Waals surface area (Å²) in [6.45, 7) is 1.49. The first-order valence-corrected chi connectivity index (χ1v) is 8.30. The van der Waals surface area contributed by atoms with Crippen molar-refractivity contribution in [3.05, 3.63) is 60.4 Å². The Morgan fingerprint density at radius 3 is 2.35 bits per heavy atom. The molecule has 0 aliphatic carbocycles. The third-order valence-electron chi connectivity index (χ3n) is 4.67. The van der Waals surface area contributed by atoms with Gasteiger partial charge in [0, 0.05) is 30.4 Å². The van der Waals surface area contributed by atoms with Gasteiger partial charge in [0.25, 0.3) is 5.91 Å². The van der Waals surface area contributed by atoms with Crippen molar-refractivity contribution in [2.75, 3.05) is 13.1 Å². The molecule has 1 fully saturated rings. The Bertz CT molecular complexity index is 871. The van der Waals surface area contributed by atoms with Crippen LogP contribution in [0.5, 0.6) is 0 Å². The van der Waals surface area contributed by atoms with Gasteiger partial charge in [0.1, 0.15) is 6.33 Å². The van der Waals surface area contributed by atoms with E-state index in [1.807, 2.05) is 64.3 Å². The van der Waals surface area contributed by atoms with Gasteiger partial charge in [-0.15, -0.1) is 24.8 Å². The fraction of sp³-hybridized carbons (Fsp3) is 0.263. The quantitative estimate of drug-likeness (QED) is 0.726. The van der Waals surface area contributed by atoms with Crippen LogP contribution in [0.2, 0.25) is 0 Å². The molecule has 2 N–H and O–H groups in total. The lowest BCUT2D eigenvalue weighted by molar-refractivity contribution is 0.0715. The number of carbonyl (C=O) groups excluding carboxylic acids is 1. The summed E-state index contributed by atoms with van der Waals surface area (Å²) >= 11 is 0. The third kappa shape index (κ3) is 3.85. The van der Waals surface area contributed by atoms with Gasteiger partial charge in [-0.2, -0.15) is 0 Å². The number of hydrogen-bond donors (Lipinski definition) is 1. The average Bonchev–Trinajstić information content (AvgIpc) is 3.06. The lowest BCUT2D eigenvalue weighted by Gasteiger charge is -2.30. The zero-order chi connectivity index (χ0) is 16.5. The summed E-state index contributed by atoms with van der Waals surface area (Å²) in [7, 11) is 0. The summed E-state index contributed by atoms with van der Waals surface area (Å²) in [6, 6.07) is 16.0. The number of piperidine rings is 1. The van der Waals surface area contributed by atoms with Crippen molar-refractivity contribution in [2.45, 2.75) is 18.9 Å². The third-order valence-corrected chi connectivity index (χ3v) is 4.67. The van der Waals surface area contributed by atoms with Gasteiger partial charge in [0.2, 0.25) is 0 Å². The maximum absolute atomic E-state index is 12.6. The molecule has 2 heterocycles. The average molecular weight is 393 g/mol. The highest BCUT2D eigenvalue weighted by Gasteiger charge is 2.21. The molecule has 0 saturated carbocycles. The zero-order valence-electron chi connectivity index (χ0n) is 14.2. The van der Waals surface area contributed by atoms with Crippen LogP contribution < -0.4 is 5.73 Å². The smallest absolute Gasteiger partial charge is 0.253 e. The van der Waals surface area contributed by atoms with Crippen LogP contribution in [-0.4, -0.2) is 39.5 Å². The van der Waals surface area contributed by atoms with E-state index in [4.69, 9.17) is 5.73 Å². The summed E-state index contributed by atoms with van der Waals surface area (Å²) in [6.07, 6.45) is 3.57. The molecule has 3 aromatic rings. The lowest BCUT2D eigenvalue weighted by Crippen LogP contribution is -2.42. The Morgan fingerprint density at radius 2 is 1.65 bits per heavy atom. The summed E-state index contributed by atoms with van der Waals surface area (Å²) in [5.74, 6) is 0.0870. The van der Waals surface area contributed by atoms with Crippen molar-refractivity contribution in [1.82, 2.24) is 14.5 Å². The Kier molecular flexibility index (Phi) is 6.64. The van der Waals surface area contributed by atoms with Crippen LogP contribution in [0.25, 0.3) is 16.7 Å². The van der Waals surface area contributed by atoms with Crippen LogP contribution in [0.3, 0.4) is 0 Å². The molecule has 138 valence electrons.